The number of hydrogen-bond donors (Lipinski definition) is 0. The minimum atomic E-state index is -0.849. The van der Waals surface area contributed by atoms with E-state index in [1.165, 1.54) is 4.90 Å². The zero-order valence-electron chi connectivity index (χ0n) is 14.0. The molecule has 24 heavy (non-hydrogen) atoms. The first-order valence-electron chi connectivity index (χ1n) is 9.07. The summed E-state index contributed by atoms with van der Waals surface area (Å²) in [6, 6.07) is 0. The smallest absolute Gasteiger partial charge is 0.416 e. The lowest BCUT2D eigenvalue weighted by Crippen LogP contribution is -2.60. The Hall–Kier alpha value is -1.63. The van der Waals surface area contributed by atoms with Crippen LogP contribution in [0.3, 0.4) is 0 Å². The fraction of sp³-hybridized carbons (Fsp3) is 0.824. The van der Waals surface area contributed by atoms with Gasteiger partial charge in [0.2, 0.25) is 5.91 Å². The number of nitrogens with zero attached hydrogens (tertiary/aromatic N) is 2. The van der Waals surface area contributed by atoms with Crippen molar-refractivity contribution < 1.29 is 23.9 Å². The molecular weight excluding hydrogens is 312 g/mol. The fourth-order valence-electron chi connectivity index (χ4n) is 4.96. The van der Waals surface area contributed by atoms with Crippen molar-refractivity contribution in [2.75, 3.05) is 19.7 Å². The Morgan fingerprint density at radius 1 is 1.25 bits per heavy atom. The largest absolute Gasteiger partial charge is 0.447 e. The van der Waals surface area contributed by atoms with Gasteiger partial charge in [-0.15, -0.1) is 0 Å². The molecular formula is C17H24N2O5. The van der Waals surface area contributed by atoms with Gasteiger partial charge in [-0.3, -0.25) is 9.59 Å². The number of carbonyl (C=O) groups is 3. The number of ether oxygens (including phenoxy) is 2. The molecule has 0 aromatic carbocycles. The summed E-state index contributed by atoms with van der Waals surface area (Å²) in [6.45, 7) is 3.23. The summed E-state index contributed by atoms with van der Waals surface area (Å²) in [5.74, 6) is -0.789. The van der Waals surface area contributed by atoms with Crippen LogP contribution in [-0.2, 0) is 19.1 Å². The van der Waals surface area contributed by atoms with Gasteiger partial charge < -0.3 is 14.4 Å². The molecule has 4 fully saturated rings. The van der Waals surface area contributed by atoms with Crippen LogP contribution in [0.25, 0.3) is 0 Å². The number of carbonyl (C=O) groups excluding carboxylic acids is 3. The number of cyclic esters (lactones) is 1. The molecule has 4 atom stereocenters. The standard InChI is InChI=1S/C17H24N2O5/c1-2-6-11-12(14(20)18-9-10-23-16(18)22)17-7-4-3-5-8-19(17)15(21)13(11)24-17/h11-13H,2-10H2,1H3/t11-,12+,13-,17+/m1/s1. The summed E-state index contributed by atoms with van der Waals surface area (Å²) in [4.78, 5) is 40.9. The molecule has 0 N–H and O–H groups in total. The van der Waals surface area contributed by atoms with E-state index >= 15 is 0 Å². The van der Waals surface area contributed by atoms with Crippen LogP contribution in [-0.4, -0.2) is 59.2 Å². The highest BCUT2D eigenvalue weighted by Crippen LogP contribution is 2.55. The molecule has 1 spiro atoms. The van der Waals surface area contributed by atoms with Gasteiger partial charge >= 0.3 is 6.09 Å². The van der Waals surface area contributed by atoms with Gasteiger partial charge in [-0.25, -0.2) is 9.69 Å². The predicted octanol–water partition coefficient (Wildman–Crippen LogP) is 1.51. The minimum absolute atomic E-state index is 0.0309. The lowest BCUT2D eigenvalue weighted by Gasteiger charge is -2.43. The molecule has 0 aromatic heterocycles. The van der Waals surface area contributed by atoms with Crippen LogP contribution < -0.4 is 0 Å². The quantitative estimate of drug-likeness (QED) is 0.781. The normalized spacial score (nSPS) is 38.3. The Morgan fingerprint density at radius 2 is 2.08 bits per heavy atom. The van der Waals surface area contributed by atoms with Gasteiger partial charge in [0.1, 0.15) is 12.7 Å². The summed E-state index contributed by atoms with van der Waals surface area (Å²) < 4.78 is 11.2. The Morgan fingerprint density at radius 3 is 2.79 bits per heavy atom. The molecule has 4 rings (SSSR count). The summed E-state index contributed by atoms with van der Waals surface area (Å²) in [7, 11) is 0. The van der Waals surface area contributed by atoms with E-state index in [9.17, 15) is 14.4 Å². The minimum Gasteiger partial charge on any atom is -0.447 e. The van der Waals surface area contributed by atoms with E-state index in [4.69, 9.17) is 9.47 Å². The van der Waals surface area contributed by atoms with E-state index in [0.717, 1.165) is 32.1 Å². The number of hydrogen-bond acceptors (Lipinski definition) is 5. The van der Waals surface area contributed by atoms with E-state index < -0.39 is 23.8 Å². The number of amides is 3. The maximum Gasteiger partial charge on any atom is 0.416 e. The molecule has 0 saturated carbocycles. The second-order valence-electron chi connectivity index (χ2n) is 7.22. The van der Waals surface area contributed by atoms with Gasteiger partial charge in [0.15, 0.2) is 5.72 Å². The number of fused-ring (bicyclic) bond motifs is 1. The zero-order valence-corrected chi connectivity index (χ0v) is 14.0. The molecule has 132 valence electrons. The Bertz CT molecular complexity index is 579. The number of imide groups is 1. The monoisotopic (exact) mass is 336 g/mol. The molecule has 0 aliphatic carbocycles. The van der Waals surface area contributed by atoms with Gasteiger partial charge in [0.05, 0.1) is 12.5 Å². The lowest BCUT2D eigenvalue weighted by molar-refractivity contribution is -0.157. The average Bonchev–Trinajstić information content (AvgIpc) is 3.13. The lowest BCUT2D eigenvalue weighted by atomic mass is 9.74. The number of piperidine rings is 1. The van der Waals surface area contributed by atoms with E-state index in [1.807, 2.05) is 6.92 Å². The maximum absolute atomic E-state index is 13.2. The molecule has 4 heterocycles. The molecule has 0 unspecified atom stereocenters. The van der Waals surface area contributed by atoms with E-state index in [1.54, 1.807) is 4.90 Å². The highest BCUT2D eigenvalue weighted by Gasteiger charge is 2.69. The van der Waals surface area contributed by atoms with Crippen LogP contribution >= 0.6 is 0 Å². The summed E-state index contributed by atoms with van der Waals surface area (Å²) in [5, 5.41) is 0. The molecule has 2 bridgehead atoms. The van der Waals surface area contributed by atoms with Crippen molar-refractivity contribution in [2.24, 2.45) is 11.8 Å². The molecule has 4 aliphatic rings. The average molecular weight is 336 g/mol. The first-order chi connectivity index (χ1) is 11.6. The third-order valence-electron chi connectivity index (χ3n) is 5.93. The Kier molecular flexibility index (Phi) is 3.78. The van der Waals surface area contributed by atoms with E-state index in [0.29, 0.717) is 19.5 Å². The van der Waals surface area contributed by atoms with Gasteiger partial charge in [0.25, 0.3) is 5.91 Å². The van der Waals surface area contributed by atoms with E-state index in [2.05, 4.69) is 0 Å². The molecule has 7 heteroatoms. The second kappa shape index (κ2) is 5.72. The van der Waals surface area contributed by atoms with Crippen molar-refractivity contribution in [3.05, 3.63) is 0 Å². The van der Waals surface area contributed by atoms with E-state index in [-0.39, 0.29) is 24.3 Å². The zero-order chi connectivity index (χ0) is 16.9. The first kappa shape index (κ1) is 15.9. The number of rotatable bonds is 3. The molecule has 0 radical (unpaired) electrons. The Balaban J connectivity index is 1.72. The summed E-state index contributed by atoms with van der Waals surface area (Å²) in [6.07, 6.45) is 4.11. The van der Waals surface area contributed by atoms with Crippen LogP contribution in [0.5, 0.6) is 0 Å². The van der Waals surface area contributed by atoms with Crippen LogP contribution in [0, 0.1) is 11.8 Å². The van der Waals surface area contributed by atoms with Gasteiger partial charge in [-0.05, 0) is 25.7 Å². The first-order valence-corrected chi connectivity index (χ1v) is 9.07. The predicted molar refractivity (Wildman–Crippen MR) is 82.7 cm³/mol. The third kappa shape index (κ3) is 2.03. The molecule has 4 aliphatic heterocycles. The molecule has 0 aromatic rings. The molecule has 3 amide bonds. The molecule has 7 nitrogen and oxygen atoms in total. The SMILES string of the molecule is CCC[C@@H]1[C@@H](C(=O)N2CCOC2=O)[C@@]23CCCCCN2C(=O)[C@@H]1O3. The van der Waals surface area contributed by atoms with Crippen molar-refractivity contribution in [3.8, 4) is 0 Å². The van der Waals surface area contributed by atoms with Crippen LogP contribution in [0.4, 0.5) is 4.79 Å². The highest BCUT2D eigenvalue weighted by molar-refractivity contribution is 5.97. The van der Waals surface area contributed by atoms with Gasteiger partial charge in [-0.2, -0.15) is 0 Å². The van der Waals surface area contributed by atoms with Gasteiger partial charge in [-0.1, -0.05) is 19.8 Å². The maximum atomic E-state index is 13.2. The highest BCUT2D eigenvalue weighted by atomic mass is 16.6. The van der Waals surface area contributed by atoms with Crippen molar-refractivity contribution in [1.82, 2.24) is 9.80 Å². The van der Waals surface area contributed by atoms with Crippen LogP contribution in [0.1, 0.15) is 45.4 Å². The molecule has 4 saturated heterocycles. The summed E-state index contributed by atoms with van der Waals surface area (Å²) in [5.41, 5.74) is -0.849. The van der Waals surface area contributed by atoms with Crippen molar-refractivity contribution in [2.45, 2.75) is 57.3 Å². The Labute approximate surface area is 141 Å². The second-order valence-corrected chi connectivity index (χ2v) is 7.22. The third-order valence-corrected chi connectivity index (χ3v) is 5.93. The van der Waals surface area contributed by atoms with Crippen molar-refractivity contribution in [3.63, 3.8) is 0 Å². The van der Waals surface area contributed by atoms with Crippen molar-refractivity contribution >= 4 is 17.9 Å². The summed E-state index contributed by atoms with van der Waals surface area (Å²) >= 11 is 0. The van der Waals surface area contributed by atoms with Gasteiger partial charge in [0, 0.05) is 12.5 Å². The van der Waals surface area contributed by atoms with Crippen LogP contribution in [0.15, 0.2) is 0 Å². The fourth-order valence-corrected chi connectivity index (χ4v) is 4.96. The topological polar surface area (TPSA) is 76.2 Å². The van der Waals surface area contributed by atoms with Crippen molar-refractivity contribution in [1.29, 1.82) is 0 Å². The van der Waals surface area contributed by atoms with Crippen LogP contribution in [0.2, 0.25) is 0 Å².